The number of nitrogens with zero attached hydrogens (tertiary/aromatic N) is 1. The van der Waals surface area contributed by atoms with Crippen molar-refractivity contribution in [2.45, 2.75) is 26.1 Å². The highest BCUT2D eigenvalue weighted by atomic mass is 35.5. The molecule has 31 heavy (non-hydrogen) atoms. The molecule has 0 spiro atoms. The summed E-state index contributed by atoms with van der Waals surface area (Å²) >= 11 is 0. The van der Waals surface area contributed by atoms with E-state index in [1.807, 2.05) is 25.1 Å². The van der Waals surface area contributed by atoms with Crippen molar-refractivity contribution in [3.8, 4) is 11.6 Å². The molecule has 0 aliphatic carbocycles. The zero-order valence-corrected chi connectivity index (χ0v) is 17.4. The number of rotatable bonds is 6. The van der Waals surface area contributed by atoms with Crippen molar-refractivity contribution in [2.75, 3.05) is 5.32 Å². The molecular weight excluding hydrogens is 431 g/mol. The average Bonchev–Trinajstić information content (AvgIpc) is 2.73. The third-order valence-electron chi connectivity index (χ3n) is 4.30. The lowest BCUT2D eigenvalue weighted by atomic mass is 10.1. The molecule has 1 aromatic heterocycles. The summed E-state index contributed by atoms with van der Waals surface area (Å²) in [6.07, 6.45) is -3.79. The van der Waals surface area contributed by atoms with Crippen LogP contribution in [0, 0.1) is 0 Å². The van der Waals surface area contributed by atoms with Crippen LogP contribution in [0.5, 0.6) is 11.6 Å². The van der Waals surface area contributed by atoms with Gasteiger partial charge in [0.2, 0.25) is 5.88 Å². The van der Waals surface area contributed by atoms with Gasteiger partial charge in [0.25, 0.3) is 5.91 Å². The molecule has 0 unspecified atom stereocenters. The smallest absolute Gasteiger partial charge is 0.433 e. The third-order valence-corrected chi connectivity index (χ3v) is 4.30. The van der Waals surface area contributed by atoms with Gasteiger partial charge in [0, 0.05) is 23.9 Å². The second-order valence-corrected chi connectivity index (χ2v) is 6.54. The number of halogens is 4. The van der Waals surface area contributed by atoms with Crippen molar-refractivity contribution in [3.63, 3.8) is 0 Å². The Morgan fingerprint density at radius 2 is 1.81 bits per heavy atom. The number of hydrogen-bond acceptors (Lipinski definition) is 4. The predicted molar refractivity (Wildman–Crippen MR) is 115 cm³/mol. The monoisotopic (exact) mass is 451 g/mol. The van der Waals surface area contributed by atoms with Gasteiger partial charge in [-0.25, -0.2) is 4.98 Å². The van der Waals surface area contributed by atoms with Crippen molar-refractivity contribution < 1.29 is 22.7 Å². The minimum atomic E-state index is -4.63. The molecule has 0 fully saturated rings. The lowest BCUT2D eigenvalue weighted by Gasteiger charge is -2.12. The third kappa shape index (κ3) is 6.44. The summed E-state index contributed by atoms with van der Waals surface area (Å²) in [6, 6.07) is 15.8. The largest absolute Gasteiger partial charge is 0.439 e. The van der Waals surface area contributed by atoms with E-state index < -0.39 is 11.9 Å². The van der Waals surface area contributed by atoms with E-state index in [0.717, 1.165) is 18.1 Å². The van der Waals surface area contributed by atoms with Gasteiger partial charge in [0.15, 0.2) is 0 Å². The standard InChI is InChI=1S/C22H20F3N3O2.ClH/c1-2-14-5-3-7-17(9-14)27-21(29)16-6-4-8-18(12-16)30-20-11-15(13-26)10-19(28-20)22(23,24)25;/h3-12H,2,13,26H2,1H3,(H,27,29);1H. The summed E-state index contributed by atoms with van der Waals surface area (Å²) in [6.45, 7) is 1.92. The highest BCUT2D eigenvalue weighted by Crippen LogP contribution is 2.31. The number of amides is 1. The van der Waals surface area contributed by atoms with Crippen LogP contribution in [-0.2, 0) is 19.1 Å². The van der Waals surface area contributed by atoms with Gasteiger partial charge in [-0.1, -0.05) is 25.1 Å². The Morgan fingerprint density at radius 3 is 2.48 bits per heavy atom. The zero-order valence-electron chi connectivity index (χ0n) is 16.6. The van der Waals surface area contributed by atoms with Gasteiger partial charge in [-0.15, -0.1) is 12.4 Å². The number of ether oxygens (including phenoxy) is 1. The van der Waals surface area contributed by atoms with Gasteiger partial charge in [-0.2, -0.15) is 13.2 Å². The number of benzene rings is 2. The summed E-state index contributed by atoms with van der Waals surface area (Å²) in [7, 11) is 0. The van der Waals surface area contributed by atoms with Gasteiger partial charge in [-0.05, 0) is 53.9 Å². The Morgan fingerprint density at radius 1 is 1.06 bits per heavy atom. The summed E-state index contributed by atoms with van der Waals surface area (Å²) in [5.74, 6) is -0.438. The fourth-order valence-corrected chi connectivity index (χ4v) is 2.77. The lowest BCUT2D eigenvalue weighted by Crippen LogP contribution is -2.12. The molecule has 0 aliphatic rings. The first kappa shape index (κ1) is 24.2. The minimum Gasteiger partial charge on any atom is -0.439 e. The Labute approximate surface area is 183 Å². The molecule has 0 radical (unpaired) electrons. The number of nitrogens with two attached hydrogens (primary N) is 1. The number of aromatic nitrogens is 1. The quantitative estimate of drug-likeness (QED) is 0.512. The van der Waals surface area contributed by atoms with E-state index in [2.05, 4.69) is 10.3 Å². The second-order valence-electron chi connectivity index (χ2n) is 6.54. The molecule has 0 bridgehead atoms. The molecular formula is C22H21ClF3N3O2. The van der Waals surface area contributed by atoms with Crippen molar-refractivity contribution in [2.24, 2.45) is 5.73 Å². The molecule has 0 aliphatic heterocycles. The minimum absolute atomic E-state index is 0. The topological polar surface area (TPSA) is 77.2 Å². The van der Waals surface area contributed by atoms with Gasteiger partial charge < -0.3 is 15.8 Å². The fourth-order valence-electron chi connectivity index (χ4n) is 2.77. The maximum atomic E-state index is 13.0. The first-order chi connectivity index (χ1) is 14.3. The lowest BCUT2D eigenvalue weighted by molar-refractivity contribution is -0.141. The van der Waals surface area contributed by atoms with Crippen LogP contribution in [-0.4, -0.2) is 10.9 Å². The van der Waals surface area contributed by atoms with E-state index >= 15 is 0 Å². The number of alkyl halides is 3. The van der Waals surface area contributed by atoms with Crippen LogP contribution in [0.3, 0.4) is 0 Å². The molecule has 3 rings (SSSR count). The normalized spacial score (nSPS) is 10.9. The molecule has 2 aromatic carbocycles. The zero-order chi connectivity index (χ0) is 21.7. The highest BCUT2D eigenvalue weighted by Gasteiger charge is 2.33. The number of pyridine rings is 1. The van der Waals surface area contributed by atoms with Gasteiger partial charge in [-0.3, -0.25) is 4.79 Å². The molecule has 5 nitrogen and oxygen atoms in total. The summed E-state index contributed by atoms with van der Waals surface area (Å²) < 4.78 is 44.6. The molecule has 1 amide bonds. The Kier molecular flexibility index (Phi) is 8.01. The molecule has 1 heterocycles. The highest BCUT2D eigenvalue weighted by molar-refractivity contribution is 6.04. The first-order valence-corrected chi connectivity index (χ1v) is 9.25. The van der Waals surface area contributed by atoms with E-state index in [-0.39, 0.29) is 42.1 Å². The summed E-state index contributed by atoms with van der Waals surface area (Å²) in [5.41, 5.74) is 6.64. The van der Waals surface area contributed by atoms with Crippen LogP contribution in [0.1, 0.15) is 34.1 Å². The Bertz CT molecular complexity index is 1060. The summed E-state index contributed by atoms with van der Waals surface area (Å²) in [5, 5.41) is 2.80. The van der Waals surface area contributed by atoms with E-state index in [9.17, 15) is 18.0 Å². The number of hydrogen-bond donors (Lipinski definition) is 2. The molecule has 3 N–H and O–H groups in total. The van der Waals surface area contributed by atoms with E-state index in [4.69, 9.17) is 10.5 Å². The van der Waals surface area contributed by atoms with Crippen LogP contribution in [0.4, 0.5) is 18.9 Å². The molecule has 9 heteroatoms. The van der Waals surface area contributed by atoms with Crippen LogP contribution in [0.25, 0.3) is 0 Å². The van der Waals surface area contributed by atoms with Crippen LogP contribution < -0.4 is 15.8 Å². The van der Waals surface area contributed by atoms with Gasteiger partial charge in [0.05, 0.1) is 0 Å². The average molecular weight is 452 g/mol. The predicted octanol–water partition coefficient (Wildman–Crippen LogP) is 5.59. The number of carbonyl (C=O) groups is 1. The van der Waals surface area contributed by atoms with E-state index in [1.54, 1.807) is 18.2 Å². The first-order valence-electron chi connectivity index (χ1n) is 9.25. The Hall–Kier alpha value is -3.10. The van der Waals surface area contributed by atoms with Crippen LogP contribution in [0.15, 0.2) is 60.7 Å². The van der Waals surface area contributed by atoms with Crippen molar-refractivity contribution in [3.05, 3.63) is 83.0 Å². The molecule has 0 atom stereocenters. The van der Waals surface area contributed by atoms with Crippen molar-refractivity contribution in [1.82, 2.24) is 4.98 Å². The maximum absolute atomic E-state index is 13.0. The van der Waals surface area contributed by atoms with Crippen LogP contribution >= 0.6 is 12.4 Å². The number of aryl methyl sites for hydroxylation is 1. The number of anilines is 1. The number of carbonyl (C=O) groups excluding carboxylic acids is 1. The SMILES string of the molecule is CCc1cccc(NC(=O)c2cccc(Oc3cc(CN)cc(C(F)(F)F)n3)c2)c1.Cl. The molecule has 3 aromatic rings. The maximum Gasteiger partial charge on any atom is 0.433 e. The van der Waals surface area contributed by atoms with Gasteiger partial charge in [0.1, 0.15) is 11.4 Å². The molecule has 164 valence electrons. The second kappa shape index (κ2) is 10.3. The van der Waals surface area contributed by atoms with E-state index in [1.165, 1.54) is 18.2 Å². The van der Waals surface area contributed by atoms with Crippen LogP contribution in [0.2, 0.25) is 0 Å². The fraction of sp³-hybridized carbons (Fsp3) is 0.182. The van der Waals surface area contributed by atoms with Crippen molar-refractivity contribution >= 4 is 24.0 Å². The Balaban J connectivity index is 0.00000341. The molecule has 0 saturated heterocycles. The summed E-state index contributed by atoms with van der Waals surface area (Å²) in [4.78, 5) is 16.1. The van der Waals surface area contributed by atoms with Gasteiger partial charge >= 0.3 is 6.18 Å². The van der Waals surface area contributed by atoms with Crippen molar-refractivity contribution in [1.29, 1.82) is 0 Å². The number of nitrogens with one attached hydrogen (secondary N) is 1. The van der Waals surface area contributed by atoms with E-state index in [0.29, 0.717) is 11.3 Å². The molecule has 0 saturated carbocycles.